The number of tetrazole rings is 1. The summed E-state index contributed by atoms with van der Waals surface area (Å²) in [6, 6.07) is 7.51. The number of carboxylic acid groups (broad SMARTS) is 1. The smallest absolute Gasteiger partial charge is 0.416 e. The minimum atomic E-state index is -4.48. The fraction of sp³-hybridized carbons (Fsp3) is 0.333. The molecule has 32 heavy (non-hydrogen) atoms. The number of ether oxygens (including phenoxy) is 1. The molecule has 3 rings (SSSR count). The number of carbonyl (C=O) groups is 1. The van der Waals surface area contributed by atoms with Crippen molar-refractivity contribution in [3.63, 3.8) is 0 Å². The highest BCUT2D eigenvalue weighted by atomic mass is 19.4. The second-order valence-electron chi connectivity index (χ2n) is 7.85. The molecule has 11 heteroatoms. The molecular weight excluding hydrogens is 429 g/mol. The average Bonchev–Trinajstić information content (AvgIpc) is 3.04. The van der Waals surface area contributed by atoms with E-state index in [4.69, 9.17) is 4.74 Å². The summed E-state index contributed by atoms with van der Waals surface area (Å²) in [6.07, 6.45) is -4.48. The predicted molar refractivity (Wildman–Crippen MR) is 108 cm³/mol. The van der Waals surface area contributed by atoms with Crippen LogP contribution in [0.4, 0.5) is 13.2 Å². The predicted octanol–water partition coefficient (Wildman–Crippen LogP) is 3.35. The topological polar surface area (TPSA) is 99.2 Å². The molecule has 0 fully saturated rings. The van der Waals surface area contributed by atoms with Crippen molar-refractivity contribution in [3.8, 4) is 11.4 Å². The third-order valence-electron chi connectivity index (χ3n) is 4.80. The Hall–Kier alpha value is -3.63. The molecule has 1 heterocycles. The van der Waals surface area contributed by atoms with Crippen molar-refractivity contribution in [1.29, 1.82) is 0 Å². The molecule has 0 atom stereocenters. The van der Waals surface area contributed by atoms with Crippen LogP contribution in [0.5, 0.6) is 5.75 Å². The quantitative estimate of drug-likeness (QED) is 0.618. The highest BCUT2D eigenvalue weighted by Gasteiger charge is 2.31. The van der Waals surface area contributed by atoms with Crippen LogP contribution in [0.25, 0.3) is 5.69 Å². The summed E-state index contributed by atoms with van der Waals surface area (Å²) >= 11 is 0. The van der Waals surface area contributed by atoms with E-state index in [1.807, 2.05) is 0 Å². The maximum absolute atomic E-state index is 12.7. The van der Waals surface area contributed by atoms with Gasteiger partial charge in [-0.15, -0.1) is 0 Å². The Labute approximate surface area is 180 Å². The monoisotopic (exact) mass is 450 g/mol. The van der Waals surface area contributed by atoms with Gasteiger partial charge in [-0.2, -0.15) is 22.5 Å². The highest BCUT2D eigenvalue weighted by Crippen LogP contribution is 2.30. The first kappa shape index (κ1) is 23.0. The van der Waals surface area contributed by atoms with Gasteiger partial charge in [-0.05, 0) is 79.1 Å². The van der Waals surface area contributed by atoms with Gasteiger partial charge in [0, 0.05) is 0 Å². The maximum Gasteiger partial charge on any atom is 0.416 e. The third kappa shape index (κ3) is 4.66. The zero-order valence-corrected chi connectivity index (χ0v) is 17.8. The lowest BCUT2D eigenvalue weighted by molar-refractivity contribution is -0.152. The highest BCUT2D eigenvalue weighted by molar-refractivity contribution is 5.77. The Morgan fingerprint density at radius 3 is 2.12 bits per heavy atom. The van der Waals surface area contributed by atoms with Crippen molar-refractivity contribution in [2.45, 2.75) is 46.0 Å². The molecule has 0 bridgehead atoms. The van der Waals surface area contributed by atoms with E-state index in [9.17, 15) is 27.9 Å². The number of rotatable bonds is 6. The fourth-order valence-corrected chi connectivity index (χ4v) is 3.09. The van der Waals surface area contributed by atoms with Crippen LogP contribution < -0.4 is 10.4 Å². The molecule has 0 unspecified atom stereocenters. The Balaban J connectivity index is 1.85. The van der Waals surface area contributed by atoms with Crippen LogP contribution in [0, 0.1) is 13.8 Å². The molecule has 0 aliphatic heterocycles. The molecule has 0 saturated carbocycles. The number of aryl methyl sites for hydroxylation is 2. The van der Waals surface area contributed by atoms with Crippen LogP contribution in [0.3, 0.4) is 0 Å². The molecule has 0 aliphatic carbocycles. The molecule has 0 radical (unpaired) electrons. The zero-order chi connectivity index (χ0) is 23.8. The zero-order valence-electron chi connectivity index (χ0n) is 17.8. The van der Waals surface area contributed by atoms with Gasteiger partial charge in [0.05, 0.1) is 17.8 Å². The van der Waals surface area contributed by atoms with Gasteiger partial charge < -0.3 is 9.84 Å². The van der Waals surface area contributed by atoms with Crippen molar-refractivity contribution >= 4 is 5.97 Å². The Bertz CT molecular complexity index is 1190. The lowest BCUT2D eigenvalue weighted by atomic mass is 10.0. The van der Waals surface area contributed by atoms with Crippen molar-refractivity contribution < 1.29 is 27.8 Å². The van der Waals surface area contributed by atoms with E-state index >= 15 is 0 Å². The summed E-state index contributed by atoms with van der Waals surface area (Å²) in [5, 5.41) is 16.8. The normalized spacial score (nSPS) is 12.1. The van der Waals surface area contributed by atoms with Gasteiger partial charge in [-0.25, -0.2) is 9.59 Å². The van der Waals surface area contributed by atoms with Crippen LogP contribution in [0.2, 0.25) is 0 Å². The molecule has 0 amide bonds. The maximum atomic E-state index is 12.7. The first-order valence-electron chi connectivity index (χ1n) is 9.52. The minimum absolute atomic E-state index is 0.0593. The van der Waals surface area contributed by atoms with E-state index in [0.717, 1.165) is 33.6 Å². The van der Waals surface area contributed by atoms with Crippen molar-refractivity contribution in [2.75, 3.05) is 0 Å². The summed E-state index contributed by atoms with van der Waals surface area (Å²) in [4.78, 5) is 24.0. The molecule has 0 aliphatic rings. The van der Waals surface area contributed by atoms with E-state index in [0.29, 0.717) is 22.4 Å². The molecule has 0 saturated heterocycles. The van der Waals surface area contributed by atoms with Crippen LogP contribution >= 0.6 is 0 Å². The van der Waals surface area contributed by atoms with Crippen LogP contribution in [0.1, 0.15) is 36.1 Å². The number of hydrogen-bond acceptors (Lipinski definition) is 5. The molecular formula is C21H21F3N4O4. The first-order valence-corrected chi connectivity index (χ1v) is 9.52. The van der Waals surface area contributed by atoms with Crippen LogP contribution in [-0.2, 0) is 17.5 Å². The van der Waals surface area contributed by atoms with Gasteiger partial charge in [0.2, 0.25) is 0 Å². The number of hydrogen-bond donors (Lipinski definition) is 1. The molecule has 170 valence electrons. The van der Waals surface area contributed by atoms with E-state index in [1.54, 1.807) is 26.0 Å². The lowest BCUT2D eigenvalue weighted by Crippen LogP contribution is -2.38. The molecule has 1 N–H and O–H groups in total. The van der Waals surface area contributed by atoms with Crippen molar-refractivity contribution in [1.82, 2.24) is 19.8 Å². The fourth-order valence-electron chi connectivity index (χ4n) is 3.09. The van der Waals surface area contributed by atoms with E-state index in [1.165, 1.54) is 13.8 Å². The average molecular weight is 450 g/mol. The van der Waals surface area contributed by atoms with E-state index in [-0.39, 0.29) is 12.2 Å². The second kappa shape index (κ2) is 8.13. The molecule has 8 nitrogen and oxygen atoms in total. The van der Waals surface area contributed by atoms with Crippen molar-refractivity contribution in [3.05, 3.63) is 69.1 Å². The summed E-state index contributed by atoms with van der Waals surface area (Å²) in [5.41, 5.74) is -0.662. The summed E-state index contributed by atoms with van der Waals surface area (Å²) in [7, 11) is 0. The SMILES string of the molecule is Cc1cc(Cn2nnn(-c3ccc(C(F)(F)F)cc3)c2=O)cc(C)c1OC(C)(C)C(=O)O. The van der Waals surface area contributed by atoms with Gasteiger partial charge >= 0.3 is 17.8 Å². The van der Waals surface area contributed by atoms with E-state index < -0.39 is 29.0 Å². The van der Waals surface area contributed by atoms with Gasteiger partial charge in [0.25, 0.3) is 0 Å². The first-order chi connectivity index (χ1) is 14.8. The summed E-state index contributed by atoms with van der Waals surface area (Å²) < 4.78 is 45.9. The molecule has 1 aromatic heterocycles. The number of nitrogens with zero attached hydrogens (tertiary/aromatic N) is 4. The Kier molecular flexibility index (Phi) is 5.86. The van der Waals surface area contributed by atoms with Gasteiger partial charge in [0.15, 0.2) is 5.60 Å². The summed E-state index contributed by atoms with van der Waals surface area (Å²) in [5.74, 6) is -0.672. The summed E-state index contributed by atoms with van der Waals surface area (Å²) in [6.45, 7) is 6.46. The minimum Gasteiger partial charge on any atom is -0.478 e. The lowest BCUT2D eigenvalue weighted by Gasteiger charge is -2.24. The van der Waals surface area contributed by atoms with Crippen LogP contribution in [-0.4, -0.2) is 36.5 Å². The standard InChI is InChI=1S/C21H21F3N4O4/c1-12-9-14(10-13(2)17(12)32-20(3,4)18(29)30)11-27-19(31)28(26-25-27)16-7-5-15(6-8-16)21(22,23)24/h5-10H,11H2,1-4H3,(H,29,30). The molecule has 3 aromatic rings. The number of alkyl halides is 3. The second-order valence-corrected chi connectivity index (χ2v) is 7.85. The largest absolute Gasteiger partial charge is 0.478 e. The number of halogens is 3. The number of aromatic nitrogens is 4. The van der Waals surface area contributed by atoms with Crippen molar-refractivity contribution in [2.24, 2.45) is 0 Å². The van der Waals surface area contributed by atoms with E-state index in [2.05, 4.69) is 10.4 Å². The van der Waals surface area contributed by atoms with Gasteiger partial charge in [0.1, 0.15) is 5.75 Å². The third-order valence-corrected chi connectivity index (χ3v) is 4.80. The number of benzene rings is 2. The number of carboxylic acids is 1. The Morgan fingerprint density at radius 2 is 1.62 bits per heavy atom. The molecule has 2 aromatic carbocycles. The van der Waals surface area contributed by atoms with Gasteiger partial charge in [-0.3, -0.25) is 0 Å². The van der Waals surface area contributed by atoms with Crippen LogP contribution in [0.15, 0.2) is 41.2 Å². The van der Waals surface area contributed by atoms with Gasteiger partial charge in [-0.1, -0.05) is 12.1 Å². The Morgan fingerprint density at radius 1 is 1.06 bits per heavy atom. The number of aliphatic carboxylic acids is 1. The molecule has 0 spiro atoms.